The minimum absolute atomic E-state index is 0.0182. The predicted molar refractivity (Wildman–Crippen MR) is 83.2 cm³/mol. The molecule has 5 heteroatoms. The second-order valence-electron chi connectivity index (χ2n) is 5.04. The molecule has 0 radical (unpaired) electrons. The maximum atomic E-state index is 5.96. The first-order valence-corrected chi connectivity index (χ1v) is 7.14. The molecule has 0 aromatic heterocycles. The Bertz CT molecular complexity index is 495. The zero-order valence-corrected chi connectivity index (χ0v) is 12.9. The first kappa shape index (κ1) is 15.7. The summed E-state index contributed by atoms with van der Waals surface area (Å²) in [7, 11) is 4.88. The summed E-state index contributed by atoms with van der Waals surface area (Å²) in [5, 5.41) is 3.58. The van der Waals surface area contributed by atoms with Gasteiger partial charge in [0.15, 0.2) is 11.5 Å². The average Bonchev–Trinajstić information content (AvgIpc) is 3.04. The molecule has 1 aliphatic rings. The van der Waals surface area contributed by atoms with Gasteiger partial charge in [-0.1, -0.05) is 12.2 Å². The van der Waals surface area contributed by atoms with Crippen LogP contribution in [0.25, 0.3) is 0 Å². The van der Waals surface area contributed by atoms with Crippen LogP contribution in [0.5, 0.6) is 17.2 Å². The van der Waals surface area contributed by atoms with Crippen molar-refractivity contribution in [3.8, 4) is 17.2 Å². The van der Waals surface area contributed by atoms with Gasteiger partial charge < -0.3 is 25.3 Å². The highest BCUT2D eigenvalue weighted by molar-refractivity contribution is 5.52. The van der Waals surface area contributed by atoms with Crippen molar-refractivity contribution in [3.63, 3.8) is 0 Å². The lowest BCUT2D eigenvalue weighted by Crippen LogP contribution is -2.35. The Morgan fingerprint density at radius 3 is 2.14 bits per heavy atom. The standard InChI is InChI=1S/C16H24N2O3/c1-19-14-9-16(21-3)15(20-2)8-12(14)13(10-17)18-11-6-4-5-7-11/h4-5,8-9,11,13,18H,6-7,10,17H2,1-3H3. The summed E-state index contributed by atoms with van der Waals surface area (Å²) in [4.78, 5) is 0. The van der Waals surface area contributed by atoms with E-state index in [1.807, 2.05) is 12.1 Å². The van der Waals surface area contributed by atoms with Crippen LogP contribution in [0.2, 0.25) is 0 Å². The maximum absolute atomic E-state index is 5.96. The van der Waals surface area contributed by atoms with Gasteiger partial charge in [0.25, 0.3) is 0 Å². The lowest BCUT2D eigenvalue weighted by molar-refractivity contribution is 0.343. The van der Waals surface area contributed by atoms with E-state index in [0.29, 0.717) is 24.1 Å². The minimum Gasteiger partial charge on any atom is -0.496 e. The Morgan fingerprint density at radius 1 is 1.05 bits per heavy atom. The van der Waals surface area contributed by atoms with Crippen molar-refractivity contribution < 1.29 is 14.2 Å². The molecule has 0 spiro atoms. The number of methoxy groups -OCH3 is 3. The smallest absolute Gasteiger partial charge is 0.164 e. The Labute approximate surface area is 126 Å². The number of hydrogen-bond donors (Lipinski definition) is 2. The van der Waals surface area contributed by atoms with Crippen LogP contribution < -0.4 is 25.3 Å². The van der Waals surface area contributed by atoms with Crippen LogP contribution >= 0.6 is 0 Å². The summed E-state index contributed by atoms with van der Waals surface area (Å²) in [5.74, 6) is 2.08. The molecule has 21 heavy (non-hydrogen) atoms. The molecule has 0 aliphatic heterocycles. The van der Waals surface area contributed by atoms with Crippen molar-refractivity contribution >= 4 is 0 Å². The fourth-order valence-electron chi connectivity index (χ4n) is 2.65. The molecule has 2 rings (SSSR count). The van der Waals surface area contributed by atoms with Gasteiger partial charge in [-0.3, -0.25) is 0 Å². The van der Waals surface area contributed by atoms with Gasteiger partial charge in [0.05, 0.1) is 21.3 Å². The van der Waals surface area contributed by atoms with E-state index in [2.05, 4.69) is 17.5 Å². The Morgan fingerprint density at radius 2 is 1.62 bits per heavy atom. The predicted octanol–water partition coefficient (Wildman–Crippen LogP) is 2.02. The third-order valence-electron chi connectivity index (χ3n) is 3.79. The van der Waals surface area contributed by atoms with Gasteiger partial charge in [0.1, 0.15) is 5.75 Å². The zero-order chi connectivity index (χ0) is 15.2. The zero-order valence-electron chi connectivity index (χ0n) is 12.9. The van der Waals surface area contributed by atoms with E-state index in [1.54, 1.807) is 21.3 Å². The molecular formula is C16H24N2O3. The summed E-state index contributed by atoms with van der Waals surface area (Å²) in [6, 6.07) is 4.22. The third kappa shape index (κ3) is 3.49. The summed E-state index contributed by atoms with van der Waals surface area (Å²) in [6.45, 7) is 0.488. The molecule has 0 saturated heterocycles. The Balaban J connectivity index is 2.29. The summed E-state index contributed by atoms with van der Waals surface area (Å²) in [5.41, 5.74) is 6.95. The molecule has 0 bridgehead atoms. The van der Waals surface area contributed by atoms with Crippen LogP contribution in [-0.4, -0.2) is 33.9 Å². The van der Waals surface area contributed by atoms with Crippen LogP contribution in [0.4, 0.5) is 0 Å². The van der Waals surface area contributed by atoms with Crippen LogP contribution in [0.3, 0.4) is 0 Å². The molecule has 1 atom stereocenters. The largest absolute Gasteiger partial charge is 0.496 e. The van der Waals surface area contributed by atoms with E-state index in [0.717, 1.165) is 24.2 Å². The average molecular weight is 292 g/mol. The van der Waals surface area contributed by atoms with Crippen LogP contribution in [-0.2, 0) is 0 Å². The van der Waals surface area contributed by atoms with E-state index in [-0.39, 0.29) is 6.04 Å². The molecule has 1 unspecified atom stereocenters. The van der Waals surface area contributed by atoms with Gasteiger partial charge in [-0.15, -0.1) is 0 Å². The Kier molecular flexibility index (Phi) is 5.47. The summed E-state index contributed by atoms with van der Waals surface area (Å²) < 4.78 is 16.2. The van der Waals surface area contributed by atoms with E-state index in [1.165, 1.54) is 0 Å². The van der Waals surface area contributed by atoms with E-state index < -0.39 is 0 Å². The molecule has 3 N–H and O–H groups in total. The lowest BCUT2D eigenvalue weighted by Gasteiger charge is -2.24. The topological polar surface area (TPSA) is 65.7 Å². The van der Waals surface area contributed by atoms with Crippen molar-refractivity contribution in [2.45, 2.75) is 24.9 Å². The highest BCUT2D eigenvalue weighted by atomic mass is 16.5. The van der Waals surface area contributed by atoms with Crippen LogP contribution in [0.1, 0.15) is 24.4 Å². The number of rotatable bonds is 7. The van der Waals surface area contributed by atoms with Gasteiger partial charge in [-0.05, 0) is 18.9 Å². The number of nitrogens with two attached hydrogens (primary N) is 1. The van der Waals surface area contributed by atoms with Crippen LogP contribution in [0.15, 0.2) is 24.3 Å². The van der Waals surface area contributed by atoms with Gasteiger partial charge in [0.2, 0.25) is 0 Å². The second kappa shape index (κ2) is 7.33. The SMILES string of the molecule is COc1cc(OC)c(C(CN)NC2CC=CC2)cc1OC. The van der Waals surface area contributed by atoms with E-state index >= 15 is 0 Å². The van der Waals surface area contributed by atoms with Crippen LogP contribution in [0, 0.1) is 0 Å². The molecule has 0 fully saturated rings. The van der Waals surface area contributed by atoms with Gasteiger partial charge in [-0.2, -0.15) is 0 Å². The quantitative estimate of drug-likeness (QED) is 0.753. The molecule has 1 aliphatic carbocycles. The number of benzene rings is 1. The van der Waals surface area contributed by atoms with Crippen molar-refractivity contribution in [1.29, 1.82) is 0 Å². The molecule has 5 nitrogen and oxygen atoms in total. The fraction of sp³-hybridized carbons (Fsp3) is 0.500. The van der Waals surface area contributed by atoms with E-state index in [4.69, 9.17) is 19.9 Å². The van der Waals surface area contributed by atoms with Crippen molar-refractivity contribution in [2.24, 2.45) is 5.73 Å². The third-order valence-corrected chi connectivity index (χ3v) is 3.79. The first-order valence-electron chi connectivity index (χ1n) is 7.14. The second-order valence-corrected chi connectivity index (χ2v) is 5.04. The first-order chi connectivity index (χ1) is 10.2. The van der Waals surface area contributed by atoms with Crippen molar-refractivity contribution in [3.05, 3.63) is 29.8 Å². The summed E-state index contributed by atoms with van der Waals surface area (Å²) >= 11 is 0. The fourth-order valence-corrected chi connectivity index (χ4v) is 2.65. The van der Waals surface area contributed by atoms with Crippen molar-refractivity contribution in [1.82, 2.24) is 5.32 Å². The monoisotopic (exact) mass is 292 g/mol. The number of ether oxygens (including phenoxy) is 3. The molecular weight excluding hydrogens is 268 g/mol. The molecule has 116 valence electrons. The molecule has 0 amide bonds. The van der Waals surface area contributed by atoms with Crippen molar-refractivity contribution in [2.75, 3.05) is 27.9 Å². The molecule has 1 aromatic rings. The molecule has 1 aromatic carbocycles. The van der Waals surface area contributed by atoms with Gasteiger partial charge in [0, 0.05) is 30.3 Å². The van der Waals surface area contributed by atoms with E-state index in [9.17, 15) is 0 Å². The lowest BCUT2D eigenvalue weighted by atomic mass is 10.0. The minimum atomic E-state index is 0.0182. The number of hydrogen-bond acceptors (Lipinski definition) is 5. The highest BCUT2D eigenvalue weighted by Gasteiger charge is 2.22. The van der Waals surface area contributed by atoms with Gasteiger partial charge in [-0.25, -0.2) is 0 Å². The summed E-state index contributed by atoms with van der Waals surface area (Å²) in [6.07, 6.45) is 6.45. The molecule has 0 heterocycles. The Hall–Kier alpha value is -1.72. The normalized spacial score (nSPS) is 16.0. The van der Waals surface area contributed by atoms with Gasteiger partial charge >= 0.3 is 0 Å². The number of nitrogens with one attached hydrogen (secondary N) is 1. The maximum Gasteiger partial charge on any atom is 0.164 e. The molecule has 0 saturated carbocycles. The highest BCUT2D eigenvalue weighted by Crippen LogP contribution is 2.37.